The van der Waals surface area contributed by atoms with Crippen LogP contribution in [-0.2, 0) is 6.42 Å². The molecule has 5 heteroatoms. The minimum atomic E-state index is 0. The van der Waals surface area contributed by atoms with Gasteiger partial charge in [-0.2, -0.15) is 0 Å². The second-order valence-electron chi connectivity index (χ2n) is 2.22. The topological polar surface area (TPSA) is 24.9 Å². The van der Waals surface area contributed by atoms with Crippen molar-refractivity contribution in [2.75, 3.05) is 13.6 Å². The van der Waals surface area contributed by atoms with E-state index in [9.17, 15) is 0 Å². The van der Waals surface area contributed by atoms with Crippen LogP contribution in [0.2, 0.25) is 0 Å². The number of nitrogens with one attached hydrogen (secondary N) is 1. The molecular weight excluding hydrogens is 215 g/mol. The molecule has 72 valence electrons. The summed E-state index contributed by atoms with van der Waals surface area (Å²) in [5.74, 6) is 0. The first-order valence-electron chi connectivity index (χ1n) is 3.39. The van der Waals surface area contributed by atoms with E-state index in [0.29, 0.717) is 0 Å². The lowest BCUT2D eigenvalue weighted by molar-refractivity contribution is 0.787. The Morgan fingerprint density at radius 1 is 1.50 bits per heavy atom. The molecule has 1 aromatic rings. The molecule has 2 nitrogen and oxygen atoms in total. The van der Waals surface area contributed by atoms with Crippen molar-refractivity contribution >= 4 is 36.2 Å². The molecule has 1 aromatic heterocycles. The van der Waals surface area contributed by atoms with Crippen molar-refractivity contribution in [2.45, 2.75) is 13.3 Å². The molecule has 0 aliphatic heterocycles. The van der Waals surface area contributed by atoms with Crippen LogP contribution in [0.15, 0.2) is 6.20 Å². The molecule has 0 unspecified atom stereocenters. The third-order valence-corrected chi connectivity index (χ3v) is 2.23. The lowest BCUT2D eigenvalue weighted by Crippen LogP contribution is -2.09. The summed E-state index contributed by atoms with van der Waals surface area (Å²) in [6.07, 6.45) is 2.98. The lowest BCUT2D eigenvalue weighted by Gasteiger charge is -1.92. The molecule has 0 amide bonds. The first-order chi connectivity index (χ1) is 4.83. The van der Waals surface area contributed by atoms with E-state index in [1.807, 2.05) is 13.2 Å². The van der Waals surface area contributed by atoms with E-state index in [-0.39, 0.29) is 24.8 Å². The van der Waals surface area contributed by atoms with Gasteiger partial charge in [0.25, 0.3) is 0 Å². The largest absolute Gasteiger partial charge is 0.319 e. The van der Waals surface area contributed by atoms with E-state index < -0.39 is 0 Å². The van der Waals surface area contributed by atoms with Crippen LogP contribution in [0.4, 0.5) is 0 Å². The van der Waals surface area contributed by atoms with Gasteiger partial charge in [-0.05, 0) is 14.0 Å². The monoisotopic (exact) mass is 228 g/mol. The van der Waals surface area contributed by atoms with Gasteiger partial charge in [0.1, 0.15) is 0 Å². The van der Waals surface area contributed by atoms with Crippen molar-refractivity contribution in [3.8, 4) is 0 Å². The predicted octanol–water partition coefficient (Wildman–Crippen LogP) is 2.06. The molecule has 0 aliphatic rings. The number of hydrogen-bond acceptors (Lipinski definition) is 3. The van der Waals surface area contributed by atoms with E-state index in [1.54, 1.807) is 11.3 Å². The summed E-state index contributed by atoms with van der Waals surface area (Å²) in [6, 6.07) is 0. The molecule has 0 fully saturated rings. The van der Waals surface area contributed by atoms with Gasteiger partial charge in [0, 0.05) is 24.0 Å². The zero-order valence-electron chi connectivity index (χ0n) is 7.16. The Morgan fingerprint density at radius 3 is 2.58 bits per heavy atom. The molecule has 12 heavy (non-hydrogen) atoms. The third kappa shape index (κ3) is 4.93. The molecule has 1 N–H and O–H groups in total. The quantitative estimate of drug-likeness (QED) is 0.858. The van der Waals surface area contributed by atoms with Gasteiger partial charge in [-0.1, -0.05) is 0 Å². The second-order valence-corrected chi connectivity index (χ2v) is 3.54. The zero-order valence-corrected chi connectivity index (χ0v) is 9.61. The Hall–Kier alpha value is 0.170. The van der Waals surface area contributed by atoms with E-state index in [2.05, 4.69) is 17.2 Å². The van der Waals surface area contributed by atoms with Gasteiger partial charge in [0.15, 0.2) is 0 Å². The normalized spacial score (nSPS) is 8.50. The van der Waals surface area contributed by atoms with E-state index in [1.165, 1.54) is 9.88 Å². The molecule has 0 aliphatic carbocycles. The highest BCUT2D eigenvalue weighted by molar-refractivity contribution is 7.11. The highest BCUT2D eigenvalue weighted by Gasteiger charge is 1.95. The molecule has 0 spiro atoms. The summed E-state index contributed by atoms with van der Waals surface area (Å²) >= 11 is 1.78. The molecule has 0 aromatic carbocycles. The van der Waals surface area contributed by atoms with Crippen molar-refractivity contribution in [2.24, 2.45) is 0 Å². The van der Waals surface area contributed by atoms with Gasteiger partial charge in [-0.25, -0.2) is 4.98 Å². The van der Waals surface area contributed by atoms with Crippen LogP contribution in [0.3, 0.4) is 0 Å². The SMILES string of the molecule is CNCCc1ncc(C)s1.Cl.Cl. The van der Waals surface area contributed by atoms with E-state index >= 15 is 0 Å². The minimum absolute atomic E-state index is 0. The number of nitrogens with zero attached hydrogens (tertiary/aromatic N) is 1. The first kappa shape index (κ1) is 14.7. The van der Waals surface area contributed by atoms with Crippen LogP contribution in [-0.4, -0.2) is 18.6 Å². The number of halogens is 2. The summed E-state index contributed by atoms with van der Waals surface area (Å²) in [5, 5.41) is 4.32. The fraction of sp³-hybridized carbons (Fsp3) is 0.571. The maximum atomic E-state index is 4.23. The van der Waals surface area contributed by atoms with Crippen molar-refractivity contribution in [3.05, 3.63) is 16.1 Å². The molecule has 0 saturated heterocycles. The predicted molar refractivity (Wildman–Crippen MR) is 59.0 cm³/mol. The number of hydrogen-bond donors (Lipinski definition) is 1. The fourth-order valence-electron chi connectivity index (χ4n) is 0.749. The molecule has 0 radical (unpaired) electrons. The van der Waals surface area contributed by atoms with Gasteiger partial charge < -0.3 is 5.32 Å². The first-order valence-corrected chi connectivity index (χ1v) is 4.20. The van der Waals surface area contributed by atoms with Gasteiger partial charge in [0.05, 0.1) is 5.01 Å². The van der Waals surface area contributed by atoms with E-state index in [0.717, 1.165) is 13.0 Å². The van der Waals surface area contributed by atoms with Gasteiger partial charge in [0.2, 0.25) is 0 Å². The number of aryl methyl sites for hydroxylation is 1. The van der Waals surface area contributed by atoms with Crippen molar-refractivity contribution in [1.82, 2.24) is 10.3 Å². The number of aromatic nitrogens is 1. The Bertz CT molecular complexity index is 203. The lowest BCUT2D eigenvalue weighted by atomic mass is 10.4. The van der Waals surface area contributed by atoms with Crippen molar-refractivity contribution in [3.63, 3.8) is 0 Å². The average molecular weight is 229 g/mol. The molecular formula is C7H14Cl2N2S. The van der Waals surface area contributed by atoms with Crippen LogP contribution in [0.5, 0.6) is 0 Å². The number of thiazole rings is 1. The van der Waals surface area contributed by atoms with Crippen LogP contribution in [0.25, 0.3) is 0 Å². The summed E-state index contributed by atoms with van der Waals surface area (Å²) in [6.45, 7) is 3.10. The maximum absolute atomic E-state index is 4.23. The molecule has 0 bridgehead atoms. The fourth-order valence-corrected chi connectivity index (χ4v) is 1.54. The van der Waals surface area contributed by atoms with Crippen LogP contribution in [0.1, 0.15) is 9.88 Å². The Balaban J connectivity index is 0. The van der Waals surface area contributed by atoms with Crippen molar-refractivity contribution < 1.29 is 0 Å². The average Bonchev–Trinajstić information content (AvgIpc) is 2.31. The summed E-state index contributed by atoms with van der Waals surface area (Å²) < 4.78 is 0. The molecule has 0 saturated carbocycles. The summed E-state index contributed by atoms with van der Waals surface area (Å²) in [5.41, 5.74) is 0. The second kappa shape index (κ2) is 7.80. The third-order valence-electron chi connectivity index (χ3n) is 1.26. The van der Waals surface area contributed by atoms with Gasteiger partial charge in [-0.3, -0.25) is 0 Å². The van der Waals surface area contributed by atoms with Crippen LogP contribution < -0.4 is 5.32 Å². The Morgan fingerprint density at radius 2 is 2.17 bits per heavy atom. The minimum Gasteiger partial charge on any atom is -0.319 e. The number of likely N-dealkylation sites (N-methyl/N-ethyl adjacent to an activating group) is 1. The van der Waals surface area contributed by atoms with Crippen molar-refractivity contribution in [1.29, 1.82) is 0 Å². The molecule has 1 rings (SSSR count). The highest BCUT2D eigenvalue weighted by Crippen LogP contribution is 2.10. The van der Waals surface area contributed by atoms with Crippen LogP contribution >= 0.6 is 36.2 Å². The Kier molecular flexibility index (Phi) is 9.54. The molecule has 0 atom stereocenters. The Labute approximate surface area is 89.6 Å². The van der Waals surface area contributed by atoms with Gasteiger partial charge in [-0.15, -0.1) is 36.2 Å². The van der Waals surface area contributed by atoms with Gasteiger partial charge >= 0.3 is 0 Å². The van der Waals surface area contributed by atoms with E-state index in [4.69, 9.17) is 0 Å². The van der Waals surface area contributed by atoms with Crippen LogP contribution in [0, 0.1) is 6.92 Å². The summed E-state index contributed by atoms with van der Waals surface area (Å²) in [4.78, 5) is 5.53. The smallest absolute Gasteiger partial charge is 0.0940 e. The number of rotatable bonds is 3. The standard InChI is InChI=1S/C7H12N2S.2ClH/c1-6-5-9-7(10-6)3-4-8-2;;/h5,8H,3-4H2,1-2H3;2*1H. The molecule has 1 heterocycles. The maximum Gasteiger partial charge on any atom is 0.0940 e. The zero-order chi connectivity index (χ0) is 7.40. The highest BCUT2D eigenvalue weighted by atomic mass is 35.5. The summed E-state index contributed by atoms with van der Waals surface area (Å²) in [7, 11) is 1.96.